The van der Waals surface area contributed by atoms with Gasteiger partial charge < -0.3 is 24.8 Å². The normalized spacial score (nSPS) is 22.8. The molecule has 0 saturated carbocycles. The fourth-order valence-corrected chi connectivity index (χ4v) is 3.20. The van der Waals surface area contributed by atoms with Gasteiger partial charge in [0.1, 0.15) is 12.4 Å². The Morgan fingerprint density at radius 1 is 1.40 bits per heavy atom. The van der Waals surface area contributed by atoms with Crippen LogP contribution in [0.5, 0.6) is 5.75 Å². The van der Waals surface area contributed by atoms with E-state index >= 15 is 0 Å². The maximum atomic E-state index is 12.4. The minimum Gasteiger partial charge on any atom is -0.489 e. The van der Waals surface area contributed by atoms with Crippen LogP contribution in [0.25, 0.3) is 0 Å². The number of likely N-dealkylation sites (tertiary alicyclic amines) is 1. The van der Waals surface area contributed by atoms with Crippen molar-refractivity contribution in [2.45, 2.75) is 25.4 Å². The van der Waals surface area contributed by atoms with Gasteiger partial charge in [-0.25, -0.2) is 4.79 Å². The van der Waals surface area contributed by atoms with Gasteiger partial charge in [0, 0.05) is 24.7 Å². The minimum absolute atomic E-state index is 0.0640. The molecule has 0 bridgehead atoms. The van der Waals surface area contributed by atoms with Gasteiger partial charge in [0.2, 0.25) is 0 Å². The lowest BCUT2D eigenvalue weighted by Crippen LogP contribution is -2.34. The summed E-state index contributed by atoms with van der Waals surface area (Å²) >= 11 is 6.03. The Bertz CT molecular complexity index is 648. The maximum absolute atomic E-state index is 12.4. The third-order valence-corrected chi connectivity index (χ3v) is 4.69. The molecule has 0 aromatic heterocycles. The number of carboxylic acids is 1. The Labute approximate surface area is 150 Å². The third-order valence-electron chi connectivity index (χ3n) is 4.46. The molecule has 2 atom stereocenters. The summed E-state index contributed by atoms with van der Waals surface area (Å²) in [6.45, 7) is 1.77. The summed E-state index contributed by atoms with van der Waals surface area (Å²) < 4.78 is 11.3. The number of benzene rings is 1. The van der Waals surface area contributed by atoms with E-state index < -0.39 is 11.9 Å². The van der Waals surface area contributed by atoms with Crippen molar-refractivity contribution in [2.24, 2.45) is 5.92 Å². The number of hydrogen-bond donors (Lipinski definition) is 2. The fraction of sp³-hybridized carbons (Fsp3) is 0.529. The molecule has 2 aliphatic heterocycles. The van der Waals surface area contributed by atoms with Crippen LogP contribution in [0, 0.1) is 5.92 Å². The van der Waals surface area contributed by atoms with Crippen molar-refractivity contribution in [2.75, 3.05) is 31.6 Å². The molecule has 2 aliphatic rings. The van der Waals surface area contributed by atoms with E-state index in [1.807, 2.05) is 0 Å². The number of carbonyl (C=O) groups excluding carboxylic acids is 1. The number of carbonyl (C=O) groups is 2. The first-order chi connectivity index (χ1) is 12.0. The second-order valence-corrected chi connectivity index (χ2v) is 6.72. The number of nitrogens with zero attached hydrogens (tertiary/aromatic N) is 1. The van der Waals surface area contributed by atoms with Crippen LogP contribution in [0.3, 0.4) is 0 Å². The van der Waals surface area contributed by atoms with Gasteiger partial charge in [-0.3, -0.25) is 4.79 Å². The summed E-state index contributed by atoms with van der Waals surface area (Å²) in [5.74, 6) is -0.874. The molecule has 0 radical (unpaired) electrons. The van der Waals surface area contributed by atoms with E-state index in [0.29, 0.717) is 36.0 Å². The largest absolute Gasteiger partial charge is 0.489 e. The average molecular weight is 369 g/mol. The quantitative estimate of drug-likeness (QED) is 0.834. The zero-order valence-corrected chi connectivity index (χ0v) is 14.5. The molecule has 1 aromatic carbocycles. The molecule has 0 spiro atoms. The highest BCUT2D eigenvalue weighted by Gasteiger charge is 2.31. The predicted molar refractivity (Wildman–Crippen MR) is 92.3 cm³/mol. The van der Waals surface area contributed by atoms with E-state index in [4.69, 9.17) is 26.2 Å². The second-order valence-electron chi connectivity index (χ2n) is 6.29. The lowest BCUT2D eigenvalue weighted by atomic mass is 10.1. The van der Waals surface area contributed by atoms with E-state index in [1.165, 1.54) is 4.90 Å². The number of anilines is 1. The van der Waals surface area contributed by atoms with Crippen LogP contribution in [0.4, 0.5) is 10.5 Å². The molecule has 3 rings (SSSR count). The van der Waals surface area contributed by atoms with Crippen molar-refractivity contribution in [1.82, 2.24) is 4.90 Å². The van der Waals surface area contributed by atoms with Crippen molar-refractivity contribution in [3.8, 4) is 5.75 Å². The van der Waals surface area contributed by atoms with Crippen molar-refractivity contribution in [1.29, 1.82) is 0 Å². The molecule has 1 aromatic rings. The van der Waals surface area contributed by atoms with E-state index in [9.17, 15) is 9.59 Å². The van der Waals surface area contributed by atoms with Crippen molar-refractivity contribution in [3.05, 3.63) is 23.2 Å². The van der Waals surface area contributed by atoms with Gasteiger partial charge in [-0.15, -0.1) is 0 Å². The number of urea groups is 1. The van der Waals surface area contributed by atoms with E-state index in [0.717, 1.165) is 19.4 Å². The molecule has 8 heteroatoms. The highest BCUT2D eigenvalue weighted by molar-refractivity contribution is 6.31. The zero-order valence-electron chi connectivity index (χ0n) is 13.7. The van der Waals surface area contributed by atoms with E-state index in [2.05, 4.69) is 5.32 Å². The van der Waals surface area contributed by atoms with Gasteiger partial charge in [0.15, 0.2) is 0 Å². The molecule has 2 unspecified atom stereocenters. The molecule has 2 N–H and O–H groups in total. The number of amides is 2. The number of carboxylic acid groups (broad SMARTS) is 1. The third kappa shape index (κ3) is 4.55. The van der Waals surface area contributed by atoms with Crippen LogP contribution >= 0.6 is 11.6 Å². The molecule has 136 valence electrons. The Kier molecular flexibility index (Phi) is 5.65. The topological polar surface area (TPSA) is 88.1 Å². The fourth-order valence-electron chi connectivity index (χ4n) is 3.02. The second kappa shape index (κ2) is 7.93. The maximum Gasteiger partial charge on any atom is 0.321 e. The summed E-state index contributed by atoms with van der Waals surface area (Å²) in [5, 5.41) is 12.3. The molecular formula is C17H21ClN2O5. The average Bonchev–Trinajstić information content (AvgIpc) is 3.26. The van der Waals surface area contributed by atoms with Gasteiger partial charge in [0.05, 0.1) is 17.7 Å². The number of rotatable bonds is 5. The molecule has 25 heavy (non-hydrogen) atoms. The first-order valence-electron chi connectivity index (χ1n) is 8.35. The van der Waals surface area contributed by atoms with Gasteiger partial charge >= 0.3 is 12.0 Å². The van der Waals surface area contributed by atoms with E-state index in [-0.39, 0.29) is 18.7 Å². The lowest BCUT2D eigenvalue weighted by Gasteiger charge is -2.19. The van der Waals surface area contributed by atoms with Crippen LogP contribution < -0.4 is 10.1 Å². The highest BCUT2D eigenvalue weighted by atomic mass is 35.5. The standard InChI is InChI=1S/C17H21ClN2O5/c18-12-3-4-15(25-10-13-2-1-7-24-13)14(8-12)19-17(23)20-6-5-11(9-20)16(21)22/h3-4,8,11,13H,1-2,5-7,9-10H2,(H,19,23)(H,21,22). The first kappa shape index (κ1) is 17.8. The number of aliphatic carboxylic acids is 1. The molecule has 2 amide bonds. The first-order valence-corrected chi connectivity index (χ1v) is 8.73. The lowest BCUT2D eigenvalue weighted by molar-refractivity contribution is -0.141. The van der Waals surface area contributed by atoms with Gasteiger partial charge in [-0.2, -0.15) is 0 Å². The Balaban J connectivity index is 1.63. The van der Waals surface area contributed by atoms with Crippen LogP contribution in [0.2, 0.25) is 5.02 Å². The van der Waals surface area contributed by atoms with Crippen molar-refractivity contribution < 1.29 is 24.2 Å². The molecule has 2 saturated heterocycles. The summed E-state index contributed by atoms with van der Waals surface area (Å²) in [7, 11) is 0. The number of hydrogen-bond acceptors (Lipinski definition) is 4. The smallest absolute Gasteiger partial charge is 0.321 e. The van der Waals surface area contributed by atoms with Crippen molar-refractivity contribution in [3.63, 3.8) is 0 Å². The van der Waals surface area contributed by atoms with E-state index in [1.54, 1.807) is 18.2 Å². The zero-order chi connectivity index (χ0) is 17.8. The number of halogens is 1. The molecule has 7 nitrogen and oxygen atoms in total. The summed E-state index contributed by atoms with van der Waals surface area (Å²) in [4.78, 5) is 24.9. The van der Waals surface area contributed by atoms with Crippen LogP contribution in [0.15, 0.2) is 18.2 Å². The predicted octanol–water partition coefficient (Wildman–Crippen LogP) is 2.84. The Morgan fingerprint density at radius 2 is 2.24 bits per heavy atom. The molecule has 0 aliphatic carbocycles. The molecule has 2 fully saturated rings. The summed E-state index contributed by atoms with van der Waals surface area (Å²) in [6.07, 6.45) is 2.51. The summed E-state index contributed by atoms with van der Waals surface area (Å²) in [5.41, 5.74) is 0.467. The molecular weight excluding hydrogens is 348 g/mol. The van der Waals surface area contributed by atoms with Crippen LogP contribution in [-0.4, -0.2) is 54.4 Å². The monoisotopic (exact) mass is 368 g/mol. The Morgan fingerprint density at radius 3 is 2.92 bits per heavy atom. The number of nitrogens with one attached hydrogen (secondary N) is 1. The minimum atomic E-state index is -0.876. The Hall–Kier alpha value is -1.99. The van der Waals surface area contributed by atoms with Crippen molar-refractivity contribution >= 4 is 29.3 Å². The summed E-state index contributed by atoms with van der Waals surface area (Å²) in [6, 6.07) is 4.66. The van der Waals surface area contributed by atoms with Gasteiger partial charge in [0.25, 0.3) is 0 Å². The van der Waals surface area contributed by atoms with Gasteiger partial charge in [-0.05, 0) is 37.5 Å². The highest BCUT2D eigenvalue weighted by Crippen LogP contribution is 2.29. The van der Waals surface area contributed by atoms with Gasteiger partial charge in [-0.1, -0.05) is 11.6 Å². The van der Waals surface area contributed by atoms with Crippen LogP contribution in [-0.2, 0) is 9.53 Å². The number of ether oxygens (including phenoxy) is 2. The molecule has 2 heterocycles. The SMILES string of the molecule is O=C(O)C1CCN(C(=O)Nc2cc(Cl)ccc2OCC2CCCO2)C1. The van der Waals surface area contributed by atoms with Crippen LogP contribution in [0.1, 0.15) is 19.3 Å².